The van der Waals surface area contributed by atoms with Crippen LogP contribution < -0.4 is 5.32 Å². The van der Waals surface area contributed by atoms with E-state index < -0.39 is 0 Å². The molecule has 1 aromatic rings. The fourth-order valence-electron chi connectivity index (χ4n) is 3.18. The summed E-state index contributed by atoms with van der Waals surface area (Å²) in [6, 6.07) is 12.1. The van der Waals surface area contributed by atoms with Crippen molar-refractivity contribution in [2.45, 2.75) is 65.0 Å². The first-order chi connectivity index (χ1) is 9.74. The van der Waals surface area contributed by atoms with Crippen LogP contribution in [0.1, 0.15) is 58.4 Å². The van der Waals surface area contributed by atoms with Crippen LogP contribution in [0.4, 0.5) is 0 Å². The van der Waals surface area contributed by atoms with E-state index in [0.29, 0.717) is 12.1 Å². The van der Waals surface area contributed by atoms with Gasteiger partial charge in [0, 0.05) is 0 Å². The molecule has 1 aliphatic rings. The fraction of sp³-hybridized carbons (Fsp3) is 0.611. The van der Waals surface area contributed by atoms with Crippen LogP contribution in [0.25, 0.3) is 0 Å². The summed E-state index contributed by atoms with van der Waals surface area (Å²) >= 11 is 0. The van der Waals surface area contributed by atoms with Gasteiger partial charge in [0.2, 0.25) is 0 Å². The number of hydrogen-bond donors (Lipinski definition) is 1. The van der Waals surface area contributed by atoms with Crippen molar-refractivity contribution in [1.29, 1.82) is 0 Å². The third-order valence-corrected chi connectivity index (χ3v) is 4.32. The van der Waals surface area contributed by atoms with Crippen molar-refractivity contribution in [1.82, 2.24) is 5.32 Å². The standard InChI is InChI=1S/C18H28N2/c1-4-5-14-19-18(17-12-7-6-8-13-17)20-15(2)10-9-11-16(20)3/h6-8,12-13,15-16H,4-5,9-11,14H2,1-3H3/p+1. The molecule has 0 aliphatic carbocycles. The molecular weight excluding hydrogens is 244 g/mol. The molecular formula is C18H29N2+. The Morgan fingerprint density at radius 2 is 1.80 bits per heavy atom. The molecule has 1 aliphatic heterocycles. The van der Waals surface area contributed by atoms with Crippen LogP contribution in [0.5, 0.6) is 0 Å². The summed E-state index contributed by atoms with van der Waals surface area (Å²) in [5.74, 6) is 1.33. The number of nitrogens with one attached hydrogen (secondary N) is 1. The predicted molar refractivity (Wildman–Crippen MR) is 86.5 cm³/mol. The topological polar surface area (TPSA) is 15.0 Å². The SMILES string of the molecule is CCCCNC(c1ccccc1)=[N+]1C(C)CCCC1C. The third kappa shape index (κ3) is 3.62. The summed E-state index contributed by atoms with van der Waals surface area (Å²) in [6.07, 6.45) is 6.43. The normalized spacial score (nSPS) is 22.6. The Labute approximate surface area is 123 Å². The third-order valence-electron chi connectivity index (χ3n) is 4.32. The summed E-state index contributed by atoms with van der Waals surface area (Å²) in [7, 11) is 0. The first-order valence-electron chi connectivity index (χ1n) is 8.18. The lowest BCUT2D eigenvalue weighted by Crippen LogP contribution is -2.45. The van der Waals surface area contributed by atoms with Crippen LogP contribution in [-0.4, -0.2) is 29.0 Å². The molecule has 1 N–H and O–H groups in total. The van der Waals surface area contributed by atoms with Gasteiger partial charge in [-0.2, -0.15) is 0 Å². The number of amidine groups is 1. The number of unbranched alkanes of at least 4 members (excludes halogenated alkanes) is 1. The number of benzene rings is 1. The molecule has 2 unspecified atom stereocenters. The number of rotatable bonds is 4. The van der Waals surface area contributed by atoms with E-state index in [2.05, 4.69) is 61.0 Å². The maximum absolute atomic E-state index is 3.71. The second-order valence-corrected chi connectivity index (χ2v) is 6.03. The molecule has 0 bridgehead atoms. The minimum Gasteiger partial charge on any atom is -0.274 e. The van der Waals surface area contributed by atoms with Crippen molar-refractivity contribution >= 4 is 5.84 Å². The van der Waals surface area contributed by atoms with Crippen LogP contribution in [0.3, 0.4) is 0 Å². The lowest BCUT2D eigenvalue weighted by atomic mass is 9.98. The molecule has 2 heteroatoms. The van der Waals surface area contributed by atoms with Gasteiger partial charge in [-0.3, -0.25) is 9.89 Å². The molecule has 2 atom stereocenters. The average molecular weight is 273 g/mol. The molecule has 1 aromatic carbocycles. The molecule has 0 radical (unpaired) electrons. The first kappa shape index (κ1) is 15.1. The summed E-state index contributed by atoms with van der Waals surface area (Å²) in [5, 5.41) is 3.71. The van der Waals surface area contributed by atoms with E-state index in [9.17, 15) is 0 Å². The Bertz CT molecular complexity index is 424. The Hall–Kier alpha value is -1.31. The minimum absolute atomic E-state index is 0.628. The van der Waals surface area contributed by atoms with Crippen molar-refractivity contribution in [2.75, 3.05) is 6.54 Å². The molecule has 0 amide bonds. The van der Waals surface area contributed by atoms with Crippen LogP contribution in [0, 0.1) is 0 Å². The van der Waals surface area contributed by atoms with Crippen LogP contribution >= 0.6 is 0 Å². The largest absolute Gasteiger partial charge is 0.277 e. The van der Waals surface area contributed by atoms with E-state index >= 15 is 0 Å². The zero-order valence-electron chi connectivity index (χ0n) is 13.2. The van der Waals surface area contributed by atoms with Gasteiger partial charge in [-0.25, -0.2) is 0 Å². The van der Waals surface area contributed by atoms with Crippen molar-refractivity contribution < 1.29 is 4.58 Å². The number of nitrogens with zero attached hydrogens (tertiary/aromatic N) is 1. The predicted octanol–water partition coefficient (Wildman–Crippen LogP) is 3.80. The second-order valence-electron chi connectivity index (χ2n) is 6.03. The highest BCUT2D eigenvalue weighted by Crippen LogP contribution is 2.19. The van der Waals surface area contributed by atoms with Crippen LogP contribution in [-0.2, 0) is 0 Å². The van der Waals surface area contributed by atoms with E-state index in [-0.39, 0.29) is 0 Å². The molecule has 2 nitrogen and oxygen atoms in total. The van der Waals surface area contributed by atoms with E-state index in [4.69, 9.17) is 0 Å². The highest BCUT2D eigenvalue weighted by Gasteiger charge is 2.28. The van der Waals surface area contributed by atoms with Gasteiger partial charge in [0.15, 0.2) is 0 Å². The molecule has 110 valence electrons. The monoisotopic (exact) mass is 273 g/mol. The molecule has 1 saturated heterocycles. The summed E-state index contributed by atoms with van der Waals surface area (Å²) in [5.41, 5.74) is 1.32. The Balaban J connectivity index is 2.33. The summed E-state index contributed by atoms with van der Waals surface area (Å²) in [4.78, 5) is 0. The zero-order chi connectivity index (χ0) is 14.4. The molecule has 1 heterocycles. The van der Waals surface area contributed by atoms with Crippen molar-refractivity contribution in [3.63, 3.8) is 0 Å². The van der Waals surface area contributed by atoms with Crippen LogP contribution in [0.2, 0.25) is 0 Å². The summed E-state index contributed by atoms with van der Waals surface area (Å²) < 4.78 is 2.61. The molecule has 0 aromatic heterocycles. The molecule has 0 saturated carbocycles. The average Bonchev–Trinajstić information content (AvgIpc) is 2.46. The first-order valence-corrected chi connectivity index (χ1v) is 8.18. The number of piperidine rings is 1. The van der Waals surface area contributed by atoms with Gasteiger partial charge in [0.25, 0.3) is 5.84 Å². The van der Waals surface area contributed by atoms with Gasteiger partial charge in [0.05, 0.1) is 24.2 Å². The maximum atomic E-state index is 3.71. The van der Waals surface area contributed by atoms with Crippen molar-refractivity contribution in [3.05, 3.63) is 35.9 Å². The van der Waals surface area contributed by atoms with E-state index in [1.165, 1.54) is 43.5 Å². The summed E-state index contributed by atoms with van der Waals surface area (Å²) in [6.45, 7) is 8.03. The smallest absolute Gasteiger partial charge is 0.274 e. The Morgan fingerprint density at radius 3 is 2.40 bits per heavy atom. The zero-order valence-corrected chi connectivity index (χ0v) is 13.2. The molecule has 0 spiro atoms. The lowest BCUT2D eigenvalue weighted by Gasteiger charge is -2.29. The molecule has 1 fully saturated rings. The van der Waals surface area contributed by atoms with Gasteiger partial charge < -0.3 is 0 Å². The van der Waals surface area contributed by atoms with Gasteiger partial charge in [-0.05, 0) is 51.7 Å². The second kappa shape index (κ2) is 7.47. The maximum Gasteiger partial charge on any atom is 0.277 e. The van der Waals surface area contributed by atoms with Crippen LogP contribution in [0.15, 0.2) is 30.3 Å². The number of hydrogen-bond acceptors (Lipinski definition) is 0. The van der Waals surface area contributed by atoms with E-state index in [1.54, 1.807) is 0 Å². The van der Waals surface area contributed by atoms with Crippen molar-refractivity contribution in [3.8, 4) is 0 Å². The van der Waals surface area contributed by atoms with E-state index in [1.807, 2.05) is 0 Å². The quantitative estimate of drug-likeness (QED) is 0.501. The van der Waals surface area contributed by atoms with Crippen molar-refractivity contribution in [2.24, 2.45) is 0 Å². The van der Waals surface area contributed by atoms with Gasteiger partial charge >= 0.3 is 0 Å². The highest BCUT2D eigenvalue weighted by atomic mass is 15.2. The Morgan fingerprint density at radius 1 is 1.15 bits per heavy atom. The molecule has 20 heavy (non-hydrogen) atoms. The molecule has 2 rings (SSSR count). The fourth-order valence-corrected chi connectivity index (χ4v) is 3.18. The highest BCUT2D eigenvalue weighted by molar-refractivity contribution is 5.95. The lowest BCUT2D eigenvalue weighted by molar-refractivity contribution is -0.606. The van der Waals surface area contributed by atoms with Gasteiger partial charge in [-0.1, -0.05) is 31.5 Å². The van der Waals surface area contributed by atoms with Gasteiger partial charge in [0.1, 0.15) is 0 Å². The van der Waals surface area contributed by atoms with Gasteiger partial charge in [-0.15, -0.1) is 0 Å². The van der Waals surface area contributed by atoms with E-state index in [0.717, 1.165) is 6.54 Å². The minimum atomic E-state index is 0.628. The Kier molecular flexibility index (Phi) is 5.63.